The first-order chi connectivity index (χ1) is 9.56. The van der Waals surface area contributed by atoms with Crippen molar-refractivity contribution in [2.45, 2.75) is 25.3 Å². The smallest absolute Gasteiger partial charge is 0.126 e. The first kappa shape index (κ1) is 16.6. The van der Waals surface area contributed by atoms with Gasteiger partial charge >= 0.3 is 0 Å². The maximum atomic E-state index is 9.30. The zero-order chi connectivity index (χ0) is 15.0. The Morgan fingerprint density at radius 1 is 1.10 bits per heavy atom. The van der Waals surface area contributed by atoms with Gasteiger partial charge in [-0.25, -0.2) is 0 Å². The van der Waals surface area contributed by atoms with Gasteiger partial charge in [0.05, 0.1) is 27.4 Å². The SMILES string of the molecule is CNC(C)(CO)CCCOc1cc(OC)cc(OC)c1. The van der Waals surface area contributed by atoms with Crippen LogP contribution in [0.4, 0.5) is 0 Å². The van der Waals surface area contributed by atoms with E-state index in [1.54, 1.807) is 20.3 Å². The van der Waals surface area contributed by atoms with Gasteiger partial charge in [0.15, 0.2) is 0 Å². The second-order valence-electron chi connectivity index (χ2n) is 4.97. The molecule has 0 fully saturated rings. The van der Waals surface area contributed by atoms with Crippen molar-refractivity contribution >= 4 is 0 Å². The number of hydrogen-bond acceptors (Lipinski definition) is 5. The van der Waals surface area contributed by atoms with Crippen LogP contribution < -0.4 is 19.5 Å². The van der Waals surface area contributed by atoms with E-state index in [2.05, 4.69) is 5.32 Å². The van der Waals surface area contributed by atoms with Crippen LogP contribution in [0.5, 0.6) is 17.2 Å². The van der Waals surface area contributed by atoms with Gasteiger partial charge < -0.3 is 24.6 Å². The lowest BCUT2D eigenvalue weighted by Gasteiger charge is -2.26. The predicted molar refractivity (Wildman–Crippen MR) is 78.8 cm³/mol. The quantitative estimate of drug-likeness (QED) is 0.677. The average molecular weight is 283 g/mol. The number of methoxy groups -OCH3 is 2. The molecule has 0 saturated carbocycles. The van der Waals surface area contributed by atoms with Crippen molar-refractivity contribution in [2.24, 2.45) is 0 Å². The lowest BCUT2D eigenvalue weighted by Crippen LogP contribution is -2.43. The molecule has 20 heavy (non-hydrogen) atoms. The Kier molecular flexibility index (Phi) is 6.61. The zero-order valence-electron chi connectivity index (χ0n) is 12.7. The average Bonchev–Trinajstić information content (AvgIpc) is 2.50. The summed E-state index contributed by atoms with van der Waals surface area (Å²) in [7, 11) is 5.07. The van der Waals surface area contributed by atoms with Gasteiger partial charge in [0.2, 0.25) is 0 Å². The van der Waals surface area contributed by atoms with Gasteiger partial charge in [0.25, 0.3) is 0 Å². The third-order valence-electron chi connectivity index (χ3n) is 3.42. The van der Waals surface area contributed by atoms with E-state index in [0.717, 1.165) is 18.6 Å². The van der Waals surface area contributed by atoms with E-state index in [4.69, 9.17) is 14.2 Å². The number of likely N-dealkylation sites (N-methyl/N-ethyl adjacent to an activating group) is 1. The van der Waals surface area contributed by atoms with Gasteiger partial charge in [0.1, 0.15) is 17.2 Å². The highest BCUT2D eigenvalue weighted by molar-refractivity contribution is 5.41. The summed E-state index contributed by atoms with van der Waals surface area (Å²) in [4.78, 5) is 0. The van der Waals surface area contributed by atoms with Crippen molar-refractivity contribution in [3.63, 3.8) is 0 Å². The number of hydrogen-bond donors (Lipinski definition) is 2. The molecular weight excluding hydrogens is 258 g/mol. The van der Waals surface area contributed by atoms with Gasteiger partial charge in [0, 0.05) is 23.7 Å². The molecule has 0 bridgehead atoms. The minimum Gasteiger partial charge on any atom is -0.496 e. The zero-order valence-corrected chi connectivity index (χ0v) is 12.7. The monoisotopic (exact) mass is 283 g/mol. The molecule has 1 aromatic carbocycles. The van der Waals surface area contributed by atoms with Gasteiger partial charge in [-0.1, -0.05) is 0 Å². The Labute approximate surface area is 120 Å². The van der Waals surface area contributed by atoms with Crippen LogP contribution in [-0.4, -0.2) is 45.1 Å². The van der Waals surface area contributed by atoms with Crippen molar-refractivity contribution in [3.05, 3.63) is 18.2 Å². The summed E-state index contributed by atoms with van der Waals surface area (Å²) < 4.78 is 16.1. The number of aliphatic hydroxyl groups is 1. The summed E-state index contributed by atoms with van der Waals surface area (Å²) in [6.07, 6.45) is 1.68. The number of benzene rings is 1. The van der Waals surface area contributed by atoms with Gasteiger partial charge in [-0.05, 0) is 26.8 Å². The Bertz CT molecular complexity index is 383. The molecule has 5 nitrogen and oxygen atoms in total. The summed E-state index contributed by atoms with van der Waals surface area (Å²) in [5.41, 5.74) is -0.255. The van der Waals surface area contributed by atoms with Crippen LogP contribution in [0.2, 0.25) is 0 Å². The summed E-state index contributed by atoms with van der Waals surface area (Å²) in [5.74, 6) is 2.13. The van der Waals surface area contributed by atoms with Crippen molar-refractivity contribution < 1.29 is 19.3 Å². The molecule has 0 heterocycles. The summed E-state index contributed by atoms with van der Waals surface area (Å²) >= 11 is 0. The second-order valence-corrected chi connectivity index (χ2v) is 4.97. The Morgan fingerprint density at radius 3 is 2.10 bits per heavy atom. The first-order valence-electron chi connectivity index (χ1n) is 6.72. The predicted octanol–water partition coefficient (Wildman–Crippen LogP) is 1.83. The molecule has 1 unspecified atom stereocenters. The molecule has 1 atom stereocenters. The maximum absolute atomic E-state index is 9.30. The fourth-order valence-electron chi connectivity index (χ4n) is 1.80. The molecule has 114 valence electrons. The van der Waals surface area contributed by atoms with Gasteiger partial charge in [-0.2, -0.15) is 0 Å². The number of ether oxygens (including phenoxy) is 3. The van der Waals surface area contributed by atoms with Gasteiger partial charge in [-0.3, -0.25) is 0 Å². The summed E-state index contributed by atoms with van der Waals surface area (Å²) in [6.45, 7) is 2.67. The molecule has 2 N–H and O–H groups in total. The fraction of sp³-hybridized carbons (Fsp3) is 0.600. The van der Waals surface area contributed by atoms with Crippen LogP contribution in [0.3, 0.4) is 0 Å². The fourth-order valence-corrected chi connectivity index (χ4v) is 1.80. The van der Waals surface area contributed by atoms with Crippen molar-refractivity contribution in [1.29, 1.82) is 0 Å². The van der Waals surface area contributed by atoms with Crippen molar-refractivity contribution in [2.75, 3.05) is 34.5 Å². The van der Waals surface area contributed by atoms with E-state index in [9.17, 15) is 5.11 Å². The minimum absolute atomic E-state index is 0.108. The minimum atomic E-state index is -0.255. The third kappa shape index (κ3) is 4.90. The Balaban J connectivity index is 2.49. The van der Waals surface area contributed by atoms with Crippen LogP contribution in [0.15, 0.2) is 18.2 Å². The first-order valence-corrected chi connectivity index (χ1v) is 6.72. The number of aliphatic hydroxyl groups excluding tert-OH is 1. The number of nitrogens with one attached hydrogen (secondary N) is 1. The largest absolute Gasteiger partial charge is 0.496 e. The molecule has 1 aromatic rings. The Hall–Kier alpha value is -1.46. The maximum Gasteiger partial charge on any atom is 0.126 e. The van der Waals surface area contributed by atoms with Crippen LogP contribution >= 0.6 is 0 Å². The number of rotatable bonds is 9. The molecule has 0 saturated heterocycles. The van der Waals surface area contributed by atoms with E-state index in [0.29, 0.717) is 18.1 Å². The lowest BCUT2D eigenvalue weighted by atomic mass is 9.97. The summed E-state index contributed by atoms with van der Waals surface area (Å²) in [5, 5.41) is 12.4. The second kappa shape index (κ2) is 7.97. The molecule has 0 spiro atoms. The highest BCUT2D eigenvalue weighted by Crippen LogP contribution is 2.27. The van der Waals surface area contributed by atoms with Crippen LogP contribution in [0.1, 0.15) is 19.8 Å². The topological polar surface area (TPSA) is 60.0 Å². The normalized spacial score (nSPS) is 13.7. The van der Waals surface area contributed by atoms with Crippen LogP contribution in [0.25, 0.3) is 0 Å². The molecule has 5 heteroatoms. The lowest BCUT2D eigenvalue weighted by molar-refractivity contribution is 0.163. The molecule has 1 rings (SSSR count). The molecule has 0 aliphatic heterocycles. The van der Waals surface area contributed by atoms with Crippen molar-refractivity contribution in [3.8, 4) is 17.2 Å². The molecule has 0 radical (unpaired) electrons. The molecule has 0 aromatic heterocycles. The van der Waals surface area contributed by atoms with E-state index in [-0.39, 0.29) is 12.1 Å². The standard InChI is InChI=1S/C15H25NO4/c1-15(11-17,16-2)6-5-7-20-14-9-12(18-3)8-13(10-14)19-4/h8-10,16-17H,5-7,11H2,1-4H3. The van der Waals surface area contributed by atoms with E-state index >= 15 is 0 Å². The van der Waals surface area contributed by atoms with E-state index < -0.39 is 0 Å². The molecular formula is C15H25NO4. The highest BCUT2D eigenvalue weighted by Gasteiger charge is 2.19. The van der Waals surface area contributed by atoms with Crippen molar-refractivity contribution in [1.82, 2.24) is 5.32 Å². The van der Waals surface area contributed by atoms with E-state index in [1.165, 1.54) is 0 Å². The molecule has 0 aliphatic rings. The Morgan fingerprint density at radius 2 is 1.65 bits per heavy atom. The van der Waals surface area contributed by atoms with Crippen LogP contribution in [-0.2, 0) is 0 Å². The molecule has 0 amide bonds. The van der Waals surface area contributed by atoms with Gasteiger partial charge in [-0.15, -0.1) is 0 Å². The summed E-state index contributed by atoms with van der Waals surface area (Å²) in [6, 6.07) is 5.45. The van der Waals surface area contributed by atoms with E-state index in [1.807, 2.05) is 26.1 Å². The third-order valence-corrected chi connectivity index (χ3v) is 3.42. The molecule has 0 aliphatic carbocycles. The van der Waals surface area contributed by atoms with Crippen LogP contribution in [0, 0.1) is 0 Å². The highest BCUT2D eigenvalue weighted by atomic mass is 16.5.